The van der Waals surface area contributed by atoms with Crippen molar-refractivity contribution in [2.75, 3.05) is 26.3 Å². The van der Waals surface area contributed by atoms with E-state index in [-0.39, 0.29) is 24.1 Å². The van der Waals surface area contributed by atoms with E-state index in [1.54, 1.807) is 13.0 Å². The fourth-order valence-corrected chi connectivity index (χ4v) is 2.43. The summed E-state index contributed by atoms with van der Waals surface area (Å²) in [6.07, 6.45) is 0.0567. The lowest BCUT2D eigenvalue weighted by Crippen LogP contribution is -2.41. The van der Waals surface area contributed by atoms with Crippen molar-refractivity contribution in [2.45, 2.75) is 20.0 Å². The zero-order chi connectivity index (χ0) is 14.8. The summed E-state index contributed by atoms with van der Waals surface area (Å²) in [6, 6.07) is 5.58. The van der Waals surface area contributed by atoms with Crippen molar-refractivity contribution in [3.63, 3.8) is 0 Å². The Hall–Kier alpha value is -1.56. The summed E-state index contributed by atoms with van der Waals surface area (Å²) in [7, 11) is 0. The second-order valence-corrected chi connectivity index (χ2v) is 5.31. The van der Waals surface area contributed by atoms with Crippen molar-refractivity contribution in [3.05, 3.63) is 39.7 Å². The van der Waals surface area contributed by atoms with Crippen molar-refractivity contribution in [3.8, 4) is 5.75 Å². The van der Waals surface area contributed by atoms with Gasteiger partial charge in [0.25, 0.3) is 0 Å². The molecule has 120 valence electrons. The van der Waals surface area contributed by atoms with E-state index >= 15 is 0 Å². The molecule has 1 aromatic carbocycles. The fraction of sp³-hybridized carbons (Fsp3) is 0.438. The van der Waals surface area contributed by atoms with Crippen molar-refractivity contribution in [2.24, 2.45) is 0 Å². The van der Waals surface area contributed by atoms with Crippen LogP contribution < -0.4 is 15.7 Å². The highest BCUT2D eigenvalue weighted by Crippen LogP contribution is 2.24. The number of fused-ring (bicyclic) bond motifs is 1. The second kappa shape index (κ2) is 7.13. The molecule has 1 fully saturated rings. The number of ether oxygens (including phenoxy) is 2. The van der Waals surface area contributed by atoms with E-state index in [0.717, 1.165) is 24.0 Å². The molecular formula is C16H20ClNO4. The Morgan fingerprint density at radius 2 is 2.14 bits per heavy atom. The maximum absolute atomic E-state index is 11.7. The summed E-state index contributed by atoms with van der Waals surface area (Å²) in [6.45, 7) is 6.57. The third-order valence-corrected chi connectivity index (χ3v) is 3.87. The minimum Gasteiger partial charge on any atom is -0.491 e. The van der Waals surface area contributed by atoms with E-state index in [4.69, 9.17) is 13.9 Å². The molecule has 2 aromatic rings. The molecule has 1 aliphatic rings. The van der Waals surface area contributed by atoms with Gasteiger partial charge in [-0.3, -0.25) is 0 Å². The topological polar surface area (TPSA) is 60.7 Å². The van der Waals surface area contributed by atoms with Gasteiger partial charge < -0.3 is 19.2 Å². The highest BCUT2D eigenvalue weighted by atomic mass is 35.5. The third-order valence-electron chi connectivity index (χ3n) is 3.87. The molecule has 6 heteroatoms. The van der Waals surface area contributed by atoms with Crippen molar-refractivity contribution in [1.29, 1.82) is 0 Å². The minimum absolute atomic E-state index is 0. The van der Waals surface area contributed by atoms with E-state index in [2.05, 4.69) is 5.32 Å². The van der Waals surface area contributed by atoms with Crippen molar-refractivity contribution in [1.82, 2.24) is 5.32 Å². The lowest BCUT2D eigenvalue weighted by atomic mass is 10.1. The summed E-state index contributed by atoms with van der Waals surface area (Å²) >= 11 is 0. The smallest absolute Gasteiger partial charge is 0.339 e. The van der Waals surface area contributed by atoms with Crippen LogP contribution in [0.3, 0.4) is 0 Å². The quantitative estimate of drug-likeness (QED) is 0.877. The monoisotopic (exact) mass is 325 g/mol. The first-order valence-electron chi connectivity index (χ1n) is 7.14. The van der Waals surface area contributed by atoms with Crippen molar-refractivity contribution < 1.29 is 13.9 Å². The van der Waals surface area contributed by atoms with Gasteiger partial charge in [-0.05, 0) is 31.5 Å². The van der Waals surface area contributed by atoms with Crippen LogP contribution in [0.25, 0.3) is 11.0 Å². The second-order valence-electron chi connectivity index (χ2n) is 5.31. The van der Waals surface area contributed by atoms with E-state index in [0.29, 0.717) is 30.1 Å². The fourth-order valence-electron chi connectivity index (χ4n) is 2.43. The molecule has 1 aromatic heterocycles. The molecule has 22 heavy (non-hydrogen) atoms. The van der Waals surface area contributed by atoms with Crippen LogP contribution in [0, 0.1) is 13.8 Å². The summed E-state index contributed by atoms with van der Waals surface area (Å²) in [4.78, 5) is 11.7. The van der Waals surface area contributed by atoms with Gasteiger partial charge in [0.2, 0.25) is 0 Å². The van der Waals surface area contributed by atoms with Gasteiger partial charge in [0.1, 0.15) is 24.0 Å². The molecule has 2 heterocycles. The molecule has 1 N–H and O–H groups in total. The minimum atomic E-state index is -0.294. The molecule has 0 amide bonds. The van der Waals surface area contributed by atoms with Crippen LogP contribution in [0.4, 0.5) is 0 Å². The van der Waals surface area contributed by atoms with Gasteiger partial charge >= 0.3 is 5.63 Å². The Labute approximate surface area is 135 Å². The van der Waals surface area contributed by atoms with Crippen LogP contribution in [-0.2, 0) is 4.74 Å². The summed E-state index contributed by atoms with van der Waals surface area (Å²) in [5.74, 6) is 0.683. The molecule has 1 saturated heterocycles. The zero-order valence-electron chi connectivity index (χ0n) is 12.7. The first-order valence-corrected chi connectivity index (χ1v) is 7.14. The van der Waals surface area contributed by atoms with Gasteiger partial charge in [-0.2, -0.15) is 0 Å². The number of benzene rings is 1. The van der Waals surface area contributed by atoms with Crippen LogP contribution in [0.1, 0.15) is 11.1 Å². The predicted molar refractivity (Wildman–Crippen MR) is 87.3 cm³/mol. The molecule has 0 radical (unpaired) electrons. The van der Waals surface area contributed by atoms with Crippen LogP contribution >= 0.6 is 12.4 Å². The zero-order valence-corrected chi connectivity index (χ0v) is 13.5. The van der Waals surface area contributed by atoms with Crippen molar-refractivity contribution >= 4 is 23.4 Å². The summed E-state index contributed by atoms with van der Waals surface area (Å²) in [5.41, 5.74) is 1.87. The third kappa shape index (κ3) is 3.43. The molecule has 0 saturated carbocycles. The van der Waals surface area contributed by atoms with Crippen LogP contribution in [-0.4, -0.2) is 32.4 Å². The standard InChI is InChI=1S/C16H19NO4.ClH/c1-10-11(2)16(18)21-15-7-12(3-4-14(10)15)20-9-13-8-17-5-6-19-13;/h3-4,7,13,17H,5-6,8-9H2,1-2H3;1H/t13-;/m1./s1. The largest absolute Gasteiger partial charge is 0.491 e. The Kier molecular flexibility index (Phi) is 5.45. The van der Waals surface area contributed by atoms with E-state index in [9.17, 15) is 4.79 Å². The van der Waals surface area contributed by atoms with Crippen LogP contribution in [0.15, 0.2) is 27.4 Å². The molecule has 1 atom stereocenters. The SMILES string of the molecule is Cc1c(C)c2ccc(OC[C@H]3CNCCO3)cc2oc1=O.Cl. The number of hydrogen-bond acceptors (Lipinski definition) is 5. The Morgan fingerprint density at radius 3 is 2.86 bits per heavy atom. The van der Waals surface area contributed by atoms with Gasteiger partial charge in [0.15, 0.2) is 0 Å². The number of rotatable bonds is 3. The Balaban J connectivity index is 0.00000176. The first kappa shape index (κ1) is 16.8. The van der Waals surface area contributed by atoms with Gasteiger partial charge in [-0.25, -0.2) is 4.79 Å². The summed E-state index contributed by atoms with van der Waals surface area (Å²) in [5, 5.41) is 4.20. The normalized spacial score (nSPS) is 18.0. The number of morpholine rings is 1. The number of halogens is 1. The van der Waals surface area contributed by atoms with Gasteiger partial charge in [0, 0.05) is 30.1 Å². The molecule has 1 aliphatic heterocycles. The average Bonchev–Trinajstić information content (AvgIpc) is 2.51. The molecule has 3 rings (SSSR count). The predicted octanol–water partition coefficient (Wildman–Crippen LogP) is 2.20. The Bertz CT molecular complexity index is 707. The highest BCUT2D eigenvalue weighted by molar-refractivity contribution is 5.85. The number of aryl methyl sites for hydroxylation is 1. The average molecular weight is 326 g/mol. The van der Waals surface area contributed by atoms with E-state index in [1.165, 1.54) is 0 Å². The maximum atomic E-state index is 11.7. The van der Waals surface area contributed by atoms with Crippen LogP contribution in [0.5, 0.6) is 5.75 Å². The van der Waals surface area contributed by atoms with E-state index in [1.807, 2.05) is 19.1 Å². The number of nitrogens with one attached hydrogen (secondary N) is 1. The molecule has 0 bridgehead atoms. The molecule has 5 nitrogen and oxygen atoms in total. The molecule has 0 aliphatic carbocycles. The van der Waals surface area contributed by atoms with Gasteiger partial charge in [-0.15, -0.1) is 12.4 Å². The molecular weight excluding hydrogens is 306 g/mol. The van der Waals surface area contributed by atoms with Gasteiger partial charge in [-0.1, -0.05) is 0 Å². The van der Waals surface area contributed by atoms with Crippen LogP contribution in [0.2, 0.25) is 0 Å². The Morgan fingerprint density at radius 1 is 1.32 bits per heavy atom. The molecule has 0 spiro atoms. The highest BCUT2D eigenvalue weighted by Gasteiger charge is 2.14. The summed E-state index contributed by atoms with van der Waals surface area (Å²) < 4.78 is 16.6. The lowest BCUT2D eigenvalue weighted by Gasteiger charge is -2.23. The maximum Gasteiger partial charge on any atom is 0.339 e. The van der Waals surface area contributed by atoms with Gasteiger partial charge in [0.05, 0.1) is 6.61 Å². The van der Waals surface area contributed by atoms with E-state index < -0.39 is 0 Å². The molecule has 0 unspecified atom stereocenters. The number of hydrogen-bond donors (Lipinski definition) is 1. The first-order chi connectivity index (χ1) is 10.1. The lowest BCUT2D eigenvalue weighted by molar-refractivity contribution is 0.000206.